The Labute approximate surface area is 250 Å². The molecule has 2 atom stereocenters. The first-order chi connectivity index (χ1) is 21.3. The van der Waals surface area contributed by atoms with Crippen molar-refractivity contribution >= 4 is 33.3 Å². The van der Waals surface area contributed by atoms with E-state index in [9.17, 15) is 0 Å². The van der Waals surface area contributed by atoms with Crippen LogP contribution < -0.4 is 5.32 Å². The van der Waals surface area contributed by atoms with Crippen molar-refractivity contribution in [3.8, 4) is 11.1 Å². The highest BCUT2D eigenvalue weighted by atomic mass is 16.3. The van der Waals surface area contributed by atoms with E-state index in [0.717, 1.165) is 56.4 Å². The highest BCUT2D eigenvalue weighted by molar-refractivity contribution is 6.17. The van der Waals surface area contributed by atoms with Gasteiger partial charge in [0.25, 0.3) is 0 Å². The van der Waals surface area contributed by atoms with Gasteiger partial charge in [-0.3, -0.25) is 4.99 Å². The van der Waals surface area contributed by atoms with Crippen LogP contribution in [0.25, 0.3) is 33.1 Å². The number of hydrogen-bond donors (Lipinski definition) is 1. The maximum atomic E-state index is 6.78. The Kier molecular flexibility index (Phi) is 5.39. The lowest BCUT2D eigenvalue weighted by atomic mass is 9.75. The summed E-state index contributed by atoms with van der Waals surface area (Å²) in [4.78, 5) is 5.33. The molecule has 1 aliphatic heterocycles. The number of fused-ring (bicyclic) bond motifs is 7. The van der Waals surface area contributed by atoms with Crippen molar-refractivity contribution in [1.29, 1.82) is 0 Å². The molecule has 1 N–H and O–H groups in total. The second-order valence-corrected chi connectivity index (χ2v) is 11.5. The van der Waals surface area contributed by atoms with Crippen LogP contribution in [0.3, 0.4) is 0 Å². The van der Waals surface area contributed by atoms with Crippen molar-refractivity contribution in [3.05, 3.63) is 173 Å². The van der Waals surface area contributed by atoms with E-state index < -0.39 is 0 Å². The van der Waals surface area contributed by atoms with Crippen molar-refractivity contribution < 1.29 is 4.42 Å². The van der Waals surface area contributed by atoms with Gasteiger partial charge in [0.2, 0.25) is 0 Å². The minimum Gasteiger partial charge on any atom is -0.456 e. The summed E-state index contributed by atoms with van der Waals surface area (Å²) in [6, 6.07) is 49.6. The van der Waals surface area contributed by atoms with Crippen LogP contribution in [0.1, 0.15) is 45.5 Å². The third kappa shape index (κ3) is 3.78. The molecule has 3 nitrogen and oxygen atoms in total. The van der Waals surface area contributed by atoms with Crippen LogP contribution in [0.2, 0.25) is 0 Å². The number of para-hydroxylation sites is 2. The van der Waals surface area contributed by atoms with Gasteiger partial charge in [0.05, 0.1) is 5.71 Å². The number of nitrogens with one attached hydrogen (secondary N) is 1. The van der Waals surface area contributed by atoms with Crippen LogP contribution >= 0.6 is 0 Å². The Balaban J connectivity index is 1.23. The predicted molar refractivity (Wildman–Crippen MR) is 176 cm³/mol. The standard InChI is InChI=1S/C40H28N2O/c1-2-12-25(13-3-1)38-31-18-8-9-22-35(31)41-40(42-38)33-21-11-23-36-37(33)32-20-10-19-30(39(32)43-36)34-24-26-14-4-5-15-27(26)28-16-6-7-17-29(28)34/h1-23,34,40-41H,24H2. The van der Waals surface area contributed by atoms with Crippen molar-refractivity contribution in [2.45, 2.75) is 18.5 Å². The quantitative estimate of drug-likeness (QED) is 0.237. The summed E-state index contributed by atoms with van der Waals surface area (Å²) in [5, 5.41) is 5.99. The smallest absolute Gasteiger partial charge is 0.146 e. The van der Waals surface area contributed by atoms with Gasteiger partial charge in [-0.2, -0.15) is 0 Å². The molecular formula is C40H28N2O. The van der Waals surface area contributed by atoms with Crippen LogP contribution in [-0.4, -0.2) is 5.71 Å². The molecule has 1 aromatic heterocycles. The number of rotatable bonds is 3. The molecule has 0 bridgehead atoms. The highest BCUT2D eigenvalue weighted by Crippen LogP contribution is 2.46. The van der Waals surface area contributed by atoms with Gasteiger partial charge in [-0.15, -0.1) is 0 Å². The van der Waals surface area contributed by atoms with Crippen molar-refractivity contribution in [2.75, 3.05) is 5.32 Å². The van der Waals surface area contributed by atoms with E-state index >= 15 is 0 Å². The Bertz CT molecular complexity index is 2210. The molecule has 1 aliphatic carbocycles. The lowest BCUT2D eigenvalue weighted by Crippen LogP contribution is -2.20. The number of nitrogens with zero attached hydrogens (tertiary/aromatic N) is 1. The second-order valence-electron chi connectivity index (χ2n) is 11.5. The van der Waals surface area contributed by atoms with E-state index in [1.807, 2.05) is 6.07 Å². The zero-order valence-corrected chi connectivity index (χ0v) is 23.5. The monoisotopic (exact) mass is 552 g/mol. The summed E-state index contributed by atoms with van der Waals surface area (Å²) in [6.45, 7) is 0. The molecule has 0 saturated carbocycles. The Morgan fingerprint density at radius 1 is 0.581 bits per heavy atom. The minimum absolute atomic E-state index is 0.209. The summed E-state index contributed by atoms with van der Waals surface area (Å²) in [6.07, 6.45) is 0.697. The van der Waals surface area contributed by atoms with Gasteiger partial charge in [0.1, 0.15) is 17.3 Å². The molecule has 0 amide bonds. The zero-order chi connectivity index (χ0) is 28.3. The topological polar surface area (TPSA) is 37.5 Å². The summed E-state index contributed by atoms with van der Waals surface area (Å²) in [5.41, 5.74) is 13.9. The molecule has 204 valence electrons. The van der Waals surface area contributed by atoms with Gasteiger partial charge in [0, 0.05) is 44.6 Å². The fourth-order valence-corrected chi connectivity index (χ4v) is 7.18. The maximum absolute atomic E-state index is 6.78. The summed E-state index contributed by atoms with van der Waals surface area (Å²) in [5.74, 6) is 0.209. The van der Waals surface area contributed by atoms with Crippen LogP contribution in [0.15, 0.2) is 149 Å². The molecule has 2 aliphatic rings. The van der Waals surface area contributed by atoms with Gasteiger partial charge in [-0.1, -0.05) is 127 Å². The van der Waals surface area contributed by atoms with E-state index in [2.05, 4.69) is 139 Å². The van der Waals surface area contributed by atoms with E-state index in [0.29, 0.717) is 0 Å². The molecule has 0 fully saturated rings. The van der Waals surface area contributed by atoms with Crippen LogP contribution in [0.4, 0.5) is 5.69 Å². The number of aliphatic imine (C=N–C) groups is 1. The molecular weight excluding hydrogens is 524 g/mol. The molecule has 3 heteroatoms. The number of furan rings is 1. The van der Waals surface area contributed by atoms with Crippen LogP contribution in [-0.2, 0) is 6.42 Å². The molecule has 9 rings (SSSR count). The van der Waals surface area contributed by atoms with Gasteiger partial charge >= 0.3 is 0 Å². The predicted octanol–water partition coefficient (Wildman–Crippen LogP) is 9.90. The number of hydrogen-bond acceptors (Lipinski definition) is 3. The zero-order valence-electron chi connectivity index (χ0n) is 23.5. The van der Waals surface area contributed by atoms with Gasteiger partial charge in [0.15, 0.2) is 0 Å². The number of benzene rings is 6. The molecule has 7 aromatic rings. The van der Waals surface area contributed by atoms with E-state index in [4.69, 9.17) is 9.41 Å². The molecule has 6 aromatic carbocycles. The lowest BCUT2D eigenvalue weighted by Gasteiger charge is -2.28. The Morgan fingerprint density at radius 2 is 1.28 bits per heavy atom. The van der Waals surface area contributed by atoms with Gasteiger partial charge < -0.3 is 9.73 Å². The van der Waals surface area contributed by atoms with E-state index in [1.54, 1.807) is 0 Å². The number of anilines is 1. The maximum Gasteiger partial charge on any atom is 0.146 e. The van der Waals surface area contributed by atoms with E-state index in [1.165, 1.54) is 27.8 Å². The normalized spacial score (nSPS) is 17.1. The largest absolute Gasteiger partial charge is 0.456 e. The SMILES string of the molecule is c1ccc(C2=NC(c3cccc4oc5c(C6Cc7ccccc7-c7ccccc76)cccc5c34)Nc3ccccc32)cc1. The average Bonchev–Trinajstić information content (AvgIpc) is 3.47. The molecule has 0 saturated heterocycles. The van der Waals surface area contributed by atoms with Gasteiger partial charge in [-0.05, 0) is 40.8 Å². The minimum atomic E-state index is -0.249. The van der Waals surface area contributed by atoms with Gasteiger partial charge in [-0.25, -0.2) is 0 Å². The van der Waals surface area contributed by atoms with Crippen LogP contribution in [0, 0.1) is 0 Å². The third-order valence-electron chi connectivity index (χ3n) is 9.10. The first kappa shape index (κ1) is 24.2. The fourth-order valence-electron chi connectivity index (χ4n) is 7.18. The first-order valence-electron chi connectivity index (χ1n) is 14.9. The summed E-state index contributed by atoms with van der Waals surface area (Å²) >= 11 is 0. The summed E-state index contributed by atoms with van der Waals surface area (Å²) < 4.78 is 6.78. The molecule has 2 unspecified atom stereocenters. The highest BCUT2D eigenvalue weighted by Gasteiger charge is 2.30. The molecule has 2 heterocycles. The average molecular weight is 553 g/mol. The Hall–Kier alpha value is -5.41. The molecule has 0 spiro atoms. The second kappa shape index (κ2) is 9.57. The van der Waals surface area contributed by atoms with Crippen LogP contribution in [0.5, 0.6) is 0 Å². The van der Waals surface area contributed by atoms with Crippen molar-refractivity contribution in [1.82, 2.24) is 0 Å². The fraction of sp³-hybridized carbons (Fsp3) is 0.0750. The van der Waals surface area contributed by atoms with Crippen molar-refractivity contribution in [3.63, 3.8) is 0 Å². The van der Waals surface area contributed by atoms with E-state index in [-0.39, 0.29) is 12.1 Å². The third-order valence-corrected chi connectivity index (χ3v) is 9.10. The Morgan fingerprint density at radius 3 is 2.19 bits per heavy atom. The summed E-state index contributed by atoms with van der Waals surface area (Å²) in [7, 11) is 0. The lowest BCUT2D eigenvalue weighted by molar-refractivity contribution is 0.653. The first-order valence-corrected chi connectivity index (χ1v) is 14.9. The van der Waals surface area contributed by atoms with Crippen molar-refractivity contribution in [2.24, 2.45) is 4.99 Å². The molecule has 0 radical (unpaired) electrons. The molecule has 43 heavy (non-hydrogen) atoms.